The molecule has 0 saturated heterocycles. The van der Waals surface area contributed by atoms with Gasteiger partial charge in [-0.15, -0.1) is 4.73 Å². The lowest BCUT2D eigenvalue weighted by Gasteiger charge is -2.13. The van der Waals surface area contributed by atoms with Crippen LogP contribution in [0.2, 0.25) is 5.02 Å². The van der Waals surface area contributed by atoms with Crippen LogP contribution in [-0.4, -0.2) is 53.9 Å². The van der Waals surface area contributed by atoms with E-state index in [9.17, 15) is 4.79 Å². The molecule has 3 aromatic rings. The van der Waals surface area contributed by atoms with Gasteiger partial charge in [-0.25, -0.2) is 4.98 Å². The number of pyridine rings is 1. The number of benzene rings is 1. The van der Waals surface area contributed by atoms with Crippen molar-refractivity contribution in [3.05, 3.63) is 45.8 Å². The van der Waals surface area contributed by atoms with Gasteiger partial charge in [0.15, 0.2) is 5.65 Å². The van der Waals surface area contributed by atoms with Crippen molar-refractivity contribution in [2.24, 2.45) is 0 Å². The third-order valence-electron chi connectivity index (χ3n) is 4.01. The van der Waals surface area contributed by atoms with Crippen LogP contribution < -0.4 is 21.4 Å². The second-order valence-electron chi connectivity index (χ2n) is 6.28. The molecule has 142 valence electrons. The summed E-state index contributed by atoms with van der Waals surface area (Å²) in [5.74, 6) is 0.424. The van der Waals surface area contributed by atoms with Gasteiger partial charge in [0.05, 0.1) is 10.6 Å². The van der Waals surface area contributed by atoms with E-state index in [1.807, 2.05) is 19.0 Å². The minimum absolute atomic E-state index is 0.366. The fourth-order valence-electron chi connectivity index (χ4n) is 2.66. The molecule has 2 heterocycles. The van der Waals surface area contributed by atoms with Gasteiger partial charge in [0.2, 0.25) is 5.95 Å². The fourth-order valence-corrected chi connectivity index (χ4v) is 2.95. The highest BCUT2D eigenvalue weighted by Crippen LogP contribution is 2.29. The Kier molecular flexibility index (Phi) is 5.48. The van der Waals surface area contributed by atoms with Crippen LogP contribution in [0.3, 0.4) is 0 Å². The normalized spacial score (nSPS) is 11.1. The number of anilines is 2. The van der Waals surface area contributed by atoms with E-state index >= 15 is 0 Å². The van der Waals surface area contributed by atoms with E-state index < -0.39 is 0 Å². The second-order valence-corrected chi connectivity index (χ2v) is 6.69. The fraction of sp³-hybridized carbons (Fsp3) is 0.278. The Balaban J connectivity index is 2.09. The van der Waals surface area contributed by atoms with E-state index in [1.165, 1.54) is 7.11 Å². The van der Waals surface area contributed by atoms with Crippen LogP contribution in [0.15, 0.2) is 35.3 Å². The summed E-state index contributed by atoms with van der Waals surface area (Å²) in [5, 5.41) is 4.17. The van der Waals surface area contributed by atoms with Gasteiger partial charge in [0.1, 0.15) is 7.11 Å². The minimum Gasteiger partial charge on any atom is -0.412 e. The van der Waals surface area contributed by atoms with Crippen molar-refractivity contribution in [2.45, 2.75) is 0 Å². The number of likely N-dealkylation sites (N-methyl/N-ethyl adjacent to an activating group) is 1. The van der Waals surface area contributed by atoms with Crippen LogP contribution in [-0.2, 0) is 0 Å². The van der Waals surface area contributed by atoms with Crippen molar-refractivity contribution < 1.29 is 4.84 Å². The first kappa shape index (κ1) is 18.9. The molecule has 0 amide bonds. The number of nitrogen functional groups attached to an aromatic ring is 1. The lowest BCUT2D eigenvalue weighted by atomic mass is 10.1. The smallest absolute Gasteiger partial charge is 0.293 e. The Bertz CT molecular complexity index is 1030. The first-order valence-electron chi connectivity index (χ1n) is 8.32. The summed E-state index contributed by atoms with van der Waals surface area (Å²) in [6.07, 6.45) is 1.64. The lowest BCUT2D eigenvalue weighted by molar-refractivity contribution is 0.168. The molecule has 0 radical (unpaired) electrons. The molecule has 0 atom stereocenters. The first-order chi connectivity index (χ1) is 12.9. The molecule has 8 nitrogen and oxygen atoms in total. The average molecular weight is 389 g/mol. The van der Waals surface area contributed by atoms with E-state index in [0.29, 0.717) is 45.4 Å². The zero-order valence-electron chi connectivity index (χ0n) is 15.4. The van der Waals surface area contributed by atoms with Crippen molar-refractivity contribution in [1.82, 2.24) is 19.6 Å². The number of nitrogens with zero attached hydrogens (tertiary/aromatic N) is 4. The maximum atomic E-state index is 12.9. The molecule has 0 aliphatic carbocycles. The summed E-state index contributed by atoms with van der Waals surface area (Å²) in [6, 6.07) is 6.70. The van der Waals surface area contributed by atoms with Crippen molar-refractivity contribution in [3.8, 4) is 11.1 Å². The first-order valence-corrected chi connectivity index (χ1v) is 8.70. The van der Waals surface area contributed by atoms with Crippen molar-refractivity contribution >= 4 is 34.3 Å². The highest BCUT2D eigenvalue weighted by atomic mass is 35.5. The number of hydrogen-bond donors (Lipinski definition) is 2. The average Bonchev–Trinajstić information content (AvgIpc) is 2.61. The third-order valence-corrected chi connectivity index (χ3v) is 4.32. The molecule has 27 heavy (non-hydrogen) atoms. The van der Waals surface area contributed by atoms with Gasteiger partial charge in [-0.05, 0) is 32.3 Å². The van der Waals surface area contributed by atoms with Gasteiger partial charge >= 0.3 is 0 Å². The van der Waals surface area contributed by atoms with E-state index in [-0.39, 0.29) is 5.56 Å². The Morgan fingerprint density at radius 2 is 2.07 bits per heavy atom. The molecule has 0 bridgehead atoms. The molecule has 1 aromatic carbocycles. The van der Waals surface area contributed by atoms with Crippen molar-refractivity contribution in [2.75, 3.05) is 45.3 Å². The predicted octanol–water partition coefficient (Wildman–Crippen LogP) is 1.73. The van der Waals surface area contributed by atoms with Gasteiger partial charge in [-0.3, -0.25) is 4.79 Å². The molecular weight excluding hydrogens is 368 g/mol. The summed E-state index contributed by atoms with van der Waals surface area (Å²) < 4.78 is 1.14. The molecule has 3 rings (SSSR count). The molecule has 0 fully saturated rings. The molecule has 0 unspecified atom stereocenters. The summed E-state index contributed by atoms with van der Waals surface area (Å²) in [7, 11) is 5.38. The number of nitrogens with one attached hydrogen (secondary N) is 1. The molecule has 0 aliphatic heterocycles. The molecular formula is C18H21ClN6O2. The molecule has 0 saturated carbocycles. The van der Waals surface area contributed by atoms with Crippen molar-refractivity contribution in [3.63, 3.8) is 0 Å². The summed E-state index contributed by atoms with van der Waals surface area (Å²) in [5.41, 5.74) is 7.22. The van der Waals surface area contributed by atoms with Crippen LogP contribution >= 0.6 is 11.6 Å². The number of hydrogen-bond acceptors (Lipinski definition) is 7. The Labute approximate surface area is 161 Å². The van der Waals surface area contributed by atoms with Crippen LogP contribution in [0.5, 0.6) is 0 Å². The maximum Gasteiger partial charge on any atom is 0.293 e. The standard InChI is InChI=1S/C18H21ClN6O2/c1-24(2)7-6-21-18-22-10-11-8-14(13-5-4-12(20)9-15(13)19)17(26)25(27-3)16(11)23-18/h4-5,8-10H,6-7,20H2,1-3H3,(H,21,22,23). The molecule has 0 spiro atoms. The lowest BCUT2D eigenvalue weighted by Crippen LogP contribution is -2.27. The summed E-state index contributed by atoms with van der Waals surface area (Å²) in [4.78, 5) is 29.0. The van der Waals surface area contributed by atoms with Crippen LogP contribution in [0.1, 0.15) is 0 Å². The zero-order chi connectivity index (χ0) is 19.6. The summed E-state index contributed by atoms with van der Waals surface area (Å²) >= 11 is 6.28. The minimum atomic E-state index is -0.366. The Morgan fingerprint density at radius 3 is 2.74 bits per heavy atom. The molecule has 9 heteroatoms. The Hall–Kier alpha value is -2.84. The van der Waals surface area contributed by atoms with E-state index in [1.54, 1.807) is 30.5 Å². The number of fused-ring (bicyclic) bond motifs is 1. The van der Waals surface area contributed by atoms with Gasteiger partial charge in [-0.2, -0.15) is 4.98 Å². The van der Waals surface area contributed by atoms with Crippen LogP contribution in [0, 0.1) is 0 Å². The van der Waals surface area contributed by atoms with E-state index in [2.05, 4.69) is 15.3 Å². The van der Waals surface area contributed by atoms with Crippen molar-refractivity contribution in [1.29, 1.82) is 0 Å². The SMILES string of the molecule is COn1c(=O)c(-c2ccc(N)cc2Cl)cc2cnc(NCCN(C)C)nc21. The summed E-state index contributed by atoms with van der Waals surface area (Å²) in [6.45, 7) is 1.50. The largest absolute Gasteiger partial charge is 0.412 e. The number of nitrogens with two attached hydrogens (primary N) is 1. The predicted molar refractivity (Wildman–Crippen MR) is 108 cm³/mol. The van der Waals surface area contributed by atoms with E-state index in [4.69, 9.17) is 22.2 Å². The monoisotopic (exact) mass is 388 g/mol. The maximum absolute atomic E-state index is 12.9. The van der Waals surface area contributed by atoms with Gasteiger partial charge < -0.3 is 20.8 Å². The van der Waals surface area contributed by atoms with Gasteiger partial charge in [0, 0.05) is 35.9 Å². The third kappa shape index (κ3) is 3.96. The topological polar surface area (TPSA) is 98.3 Å². The number of rotatable bonds is 6. The quantitative estimate of drug-likeness (QED) is 0.620. The Morgan fingerprint density at radius 1 is 1.30 bits per heavy atom. The molecule has 2 aromatic heterocycles. The highest BCUT2D eigenvalue weighted by Gasteiger charge is 2.16. The van der Waals surface area contributed by atoms with Gasteiger partial charge in [0.25, 0.3) is 5.56 Å². The zero-order valence-corrected chi connectivity index (χ0v) is 16.1. The number of aromatic nitrogens is 3. The highest BCUT2D eigenvalue weighted by molar-refractivity contribution is 6.33. The molecule has 3 N–H and O–H groups in total. The van der Waals surface area contributed by atoms with Gasteiger partial charge in [-0.1, -0.05) is 17.7 Å². The van der Waals surface area contributed by atoms with Crippen LogP contribution in [0.25, 0.3) is 22.2 Å². The van der Waals surface area contributed by atoms with E-state index in [0.717, 1.165) is 11.3 Å². The second kappa shape index (κ2) is 7.81. The number of halogens is 1. The van der Waals surface area contributed by atoms with Crippen LogP contribution in [0.4, 0.5) is 11.6 Å². The molecule has 0 aliphatic rings.